The number of aromatic nitrogens is 2. The molecule has 2 aliphatic rings. The zero-order valence-corrected chi connectivity index (χ0v) is 17.2. The van der Waals surface area contributed by atoms with Gasteiger partial charge in [0.05, 0.1) is 12.2 Å². The normalized spacial score (nSPS) is 18.0. The molecule has 1 aliphatic heterocycles. The highest BCUT2D eigenvalue weighted by atomic mass is 32.2. The van der Waals surface area contributed by atoms with Crippen molar-refractivity contribution >= 4 is 17.7 Å². The molecule has 5 nitrogen and oxygen atoms in total. The number of fused-ring (bicyclic) bond motifs is 1. The summed E-state index contributed by atoms with van der Waals surface area (Å²) in [6.07, 6.45) is 11.0. The summed E-state index contributed by atoms with van der Waals surface area (Å²) in [4.78, 5) is 20.9. The SMILES string of the molecule is CSc1nccc(-c2cc(F)cc3c2O[C@@H](CNC(=O)CC2=CCCCC2)C3)n1. The van der Waals surface area contributed by atoms with E-state index >= 15 is 0 Å². The van der Waals surface area contributed by atoms with Crippen LogP contribution in [0.1, 0.15) is 37.7 Å². The van der Waals surface area contributed by atoms with E-state index in [1.54, 1.807) is 12.3 Å². The number of hydrogen-bond acceptors (Lipinski definition) is 5. The second kappa shape index (κ2) is 8.95. The lowest BCUT2D eigenvalue weighted by atomic mass is 9.97. The van der Waals surface area contributed by atoms with Crippen molar-refractivity contribution in [2.45, 2.75) is 49.8 Å². The third kappa shape index (κ3) is 4.78. The maximum absolute atomic E-state index is 14.2. The van der Waals surface area contributed by atoms with Crippen LogP contribution in [0.15, 0.2) is 41.2 Å². The summed E-state index contributed by atoms with van der Waals surface area (Å²) >= 11 is 1.43. The summed E-state index contributed by atoms with van der Waals surface area (Å²) in [7, 11) is 0. The molecule has 7 heteroatoms. The lowest BCUT2D eigenvalue weighted by molar-refractivity contribution is -0.120. The van der Waals surface area contributed by atoms with Gasteiger partial charge < -0.3 is 10.1 Å². The molecule has 2 heterocycles. The molecule has 1 aromatic heterocycles. The minimum Gasteiger partial charge on any atom is -0.487 e. The smallest absolute Gasteiger partial charge is 0.224 e. The van der Waals surface area contributed by atoms with E-state index in [1.807, 2.05) is 6.26 Å². The number of carbonyl (C=O) groups excluding carboxylic acids is 1. The first-order chi connectivity index (χ1) is 14.1. The number of carbonyl (C=O) groups is 1. The quantitative estimate of drug-likeness (QED) is 0.434. The molecule has 29 heavy (non-hydrogen) atoms. The number of nitrogens with zero attached hydrogens (tertiary/aromatic N) is 2. The number of benzene rings is 1. The van der Waals surface area contributed by atoms with Crippen LogP contribution >= 0.6 is 11.8 Å². The van der Waals surface area contributed by atoms with Crippen LogP contribution < -0.4 is 10.1 Å². The molecule has 0 saturated heterocycles. The second-order valence-corrected chi connectivity index (χ2v) is 8.18. The Morgan fingerprint density at radius 3 is 3.07 bits per heavy atom. The Balaban J connectivity index is 1.43. The number of nitrogens with one attached hydrogen (secondary N) is 1. The molecule has 1 atom stereocenters. The van der Waals surface area contributed by atoms with Crippen molar-refractivity contribution in [3.8, 4) is 17.0 Å². The largest absolute Gasteiger partial charge is 0.487 e. The van der Waals surface area contributed by atoms with Crippen molar-refractivity contribution in [1.29, 1.82) is 0 Å². The summed E-state index contributed by atoms with van der Waals surface area (Å²) in [5.74, 6) is 0.344. The number of thioether (sulfide) groups is 1. The summed E-state index contributed by atoms with van der Waals surface area (Å²) < 4.78 is 20.3. The van der Waals surface area contributed by atoms with Crippen LogP contribution in [0.25, 0.3) is 11.3 Å². The third-order valence-corrected chi connectivity index (χ3v) is 5.82. The molecule has 0 fully saturated rings. The van der Waals surface area contributed by atoms with E-state index in [9.17, 15) is 9.18 Å². The summed E-state index contributed by atoms with van der Waals surface area (Å²) in [6, 6.07) is 4.71. The third-order valence-electron chi connectivity index (χ3n) is 5.25. The van der Waals surface area contributed by atoms with Crippen molar-refractivity contribution in [2.75, 3.05) is 12.8 Å². The fraction of sp³-hybridized carbons (Fsp3) is 0.409. The molecule has 2 aromatic rings. The van der Waals surface area contributed by atoms with E-state index in [1.165, 1.54) is 35.9 Å². The Morgan fingerprint density at radius 2 is 2.28 bits per heavy atom. The summed E-state index contributed by atoms with van der Waals surface area (Å²) in [6.45, 7) is 0.404. The number of amides is 1. The first-order valence-corrected chi connectivity index (χ1v) is 11.2. The van der Waals surface area contributed by atoms with Gasteiger partial charge in [0.25, 0.3) is 0 Å². The molecule has 0 unspecified atom stereocenters. The Morgan fingerprint density at radius 1 is 1.38 bits per heavy atom. The van der Waals surface area contributed by atoms with Gasteiger partial charge in [0.15, 0.2) is 5.16 Å². The van der Waals surface area contributed by atoms with E-state index in [0.717, 1.165) is 24.8 Å². The van der Waals surface area contributed by atoms with E-state index < -0.39 is 0 Å². The molecular weight excluding hydrogens is 389 g/mol. The Bertz CT molecular complexity index is 948. The van der Waals surface area contributed by atoms with Gasteiger partial charge in [-0.25, -0.2) is 14.4 Å². The van der Waals surface area contributed by atoms with E-state index in [4.69, 9.17) is 4.74 Å². The fourth-order valence-corrected chi connectivity index (χ4v) is 4.21. The van der Waals surface area contributed by atoms with Gasteiger partial charge in [-0.1, -0.05) is 23.4 Å². The van der Waals surface area contributed by atoms with Gasteiger partial charge in [-0.2, -0.15) is 0 Å². The second-order valence-electron chi connectivity index (χ2n) is 7.40. The summed E-state index contributed by atoms with van der Waals surface area (Å²) in [5, 5.41) is 3.60. The molecule has 1 aromatic carbocycles. The monoisotopic (exact) mass is 413 g/mol. The predicted octanol–water partition coefficient (Wildman–Crippen LogP) is 4.31. The van der Waals surface area contributed by atoms with Crippen LogP contribution in [0.2, 0.25) is 0 Å². The van der Waals surface area contributed by atoms with Crippen LogP contribution in [0, 0.1) is 5.82 Å². The molecule has 4 rings (SSSR count). The minimum absolute atomic E-state index is 0.0181. The Labute approximate surface area is 174 Å². The topological polar surface area (TPSA) is 64.1 Å². The van der Waals surface area contributed by atoms with Crippen molar-refractivity contribution in [2.24, 2.45) is 0 Å². The van der Waals surface area contributed by atoms with Gasteiger partial charge >= 0.3 is 0 Å². The zero-order chi connectivity index (χ0) is 20.2. The number of allylic oxidation sites excluding steroid dienone is 1. The van der Waals surface area contributed by atoms with Gasteiger partial charge in [0, 0.05) is 30.2 Å². The lowest BCUT2D eigenvalue weighted by Gasteiger charge is -2.15. The average molecular weight is 414 g/mol. The molecule has 152 valence electrons. The number of ether oxygens (including phenoxy) is 1. The minimum atomic E-state index is -0.319. The molecule has 0 saturated carbocycles. The molecule has 1 N–H and O–H groups in total. The maximum Gasteiger partial charge on any atom is 0.224 e. The molecular formula is C22H24FN3O2S. The van der Waals surface area contributed by atoms with Gasteiger partial charge in [-0.05, 0) is 50.1 Å². The standard InChI is InChI=1S/C22H24FN3O2S/c1-29-22-24-8-7-19(26-22)18-12-16(23)10-15-11-17(28-21(15)18)13-25-20(27)9-14-5-3-2-4-6-14/h5,7-8,10,12,17H,2-4,6,9,11,13H2,1H3,(H,25,27)/t17-/m1/s1. The van der Waals surface area contributed by atoms with Crippen LogP contribution in [-0.2, 0) is 11.2 Å². The fourth-order valence-electron chi connectivity index (χ4n) is 3.85. The summed E-state index contributed by atoms with van der Waals surface area (Å²) in [5.41, 5.74) is 3.29. The van der Waals surface area contributed by atoms with Crippen LogP contribution in [0.3, 0.4) is 0 Å². The molecule has 1 amide bonds. The van der Waals surface area contributed by atoms with Crippen LogP contribution in [0.4, 0.5) is 4.39 Å². The van der Waals surface area contributed by atoms with E-state index in [0.29, 0.717) is 41.5 Å². The molecule has 1 aliphatic carbocycles. The van der Waals surface area contributed by atoms with Crippen molar-refractivity contribution in [3.63, 3.8) is 0 Å². The lowest BCUT2D eigenvalue weighted by Crippen LogP contribution is -2.34. The Hall–Kier alpha value is -2.41. The predicted molar refractivity (Wildman–Crippen MR) is 112 cm³/mol. The highest BCUT2D eigenvalue weighted by Crippen LogP contribution is 2.39. The van der Waals surface area contributed by atoms with Crippen LogP contribution in [0.5, 0.6) is 5.75 Å². The first-order valence-electron chi connectivity index (χ1n) is 9.93. The van der Waals surface area contributed by atoms with Gasteiger partial charge in [-0.15, -0.1) is 0 Å². The van der Waals surface area contributed by atoms with Crippen molar-refractivity contribution in [1.82, 2.24) is 15.3 Å². The number of halogens is 1. The first kappa shape index (κ1) is 19.9. The number of hydrogen-bond donors (Lipinski definition) is 1. The average Bonchev–Trinajstić information content (AvgIpc) is 3.15. The van der Waals surface area contributed by atoms with Crippen molar-refractivity contribution in [3.05, 3.63) is 47.4 Å². The highest BCUT2D eigenvalue weighted by molar-refractivity contribution is 7.98. The van der Waals surface area contributed by atoms with Crippen molar-refractivity contribution < 1.29 is 13.9 Å². The van der Waals surface area contributed by atoms with E-state index in [2.05, 4.69) is 21.4 Å². The Kier molecular flexibility index (Phi) is 6.13. The van der Waals surface area contributed by atoms with E-state index in [-0.39, 0.29) is 17.8 Å². The number of rotatable bonds is 6. The molecule has 0 radical (unpaired) electrons. The van der Waals surface area contributed by atoms with Crippen LogP contribution in [-0.4, -0.2) is 34.8 Å². The molecule has 0 spiro atoms. The molecule has 0 bridgehead atoms. The zero-order valence-electron chi connectivity index (χ0n) is 16.4. The van der Waals surface area contributed by atoms with Gasteiger partial charge in [0.2, 0.25) is 5.91 Å². The highest BCUT2D eigenvalue weighted by Gasteiger charge is 2.28. The van der Waals surface area contributed by atoms with Gasteiger partial charge in [-0.3, -0.25) is 4.79 Å². The van der Waals surface area contributed by atoms with Gasteiger partial charge in [0.1, 0.15) is 17.7 Å². The maximum atomic E-state index is 14.2.